The molecule has 0 aliphatic heterocycles. The van der Waals surface area contributed by atoms with Crippen molar-refractivity contribution >= 4 is 18.0 Å². The number of carboxylic acids is 1. The monoisotopic (exact) mass is 618 g/mol. The topological polar surface area (TPSA) is 104 Å². The normalized spacial score (nSPS) is 41.5. The van der Waals surface area contributed by atoms with E-state index in [1.165, 1.54) is 11.6 Å². The number of aliphatic hydroxyl groups is 1. The van der Waals surface area contributed by atoms with Crippen molar-refractivity contribution in [2.24, 2.45) is 50.2 Å². The number of rotatable bonds is 5. The number of aromatic hydroxyl groups is 1. The maximum atomic E-state index is 13.3. The minimum Gasteiger partial charge on any atom is -0.508 e. The molecule has 4 fully saturated rings. The molecule has 0 unspecified atom stereocenters. The number of fused-ring (bicyclic) bond motifs is 7. The van der Waals surface area contributed by atoms with Crippen molar-refractivity contribution < 1.29 is 29.6 Å². The Kier molecular flexibility index (Phi) is 7.70. The largest absolute Gasteiger partial charge is 0.508 e. The van der Waals surface area contributed by atoms with E-state index in [1.807, 2.05) is 0 Å². The quantitative estimate of drug-likeness (QED) is 0.175. The molecule has 6 nitrogen and oxygen atoms in total. The van der Waals surface area contributed by atoms with Crippen molar-refractivity contribution in [1.82, 2.24) is 0 Å². The van der Waals surface area contributed by atoms with Crippen molar-refractivity contribution in [3.63, 3.8) is 0 Å². The van der Waals surface area contributed by atoms with Gasteiger partial charge in [0.05, 0.1) is 11.5 Å². The van der Waals surface area contributed by atoms with Gasteiger partial charge in [0.25, 0.3) is 0 Å². The number of hydrogen-bond donors (Lipinski definition) is 3. The summed E-state index contributed by atoms with van der Waals surface area (Å²) in [6.07, 6.45) is 13.7. The Balaban J connectivity index is 1.41. The second kappa shape index (κ2) is 10.7. The van der Waals surface area contributed by atoms with E-state index in [-0.39, 0.29) is 46.0 Å². The molecule has 0 bridgehead atoms. The number of carbonyl (C=O) groups is 2. The highest BCUT2D eigenvalue weighted by Gasteiger charge is 2.70. The highest BCUT2D eigenvalue weighted by atomic mass is 16.5. The van der Waals surface area contributed by atoms with E-state index in [0.717, 1.165) is 50.5 Å². The SMILES string of the molecule is CC1(C)CC[C@]2(C(=O)O)CC[C@]3(COC(=O)C=Cc4ccc(O)cc4)C(=CC[C@@H]4[C@@]5(C)CC[C@H](O)C(C)(C)[C@@H]5CC[C@]43C)[C@@H]2C1. The van der Waals surface area contributed by atoms with Gasteiger partial charge in [0.15, 0.2) is 0 Å². The number of phenolic OH excluding ortho intramolecular Hbond substituents is 1. The molecule has 0 saturated heterocycles. The smallest absolute Gasteiger partial charge is 0.330 e. The molecule has 0 heterocycles. The number of aliphatic carboxylic acids is 1. The molecular weight excluding hydrogens is 564 g/mol. The summed E-state index contributed by atoms with van der Waals surface area (Å²) in [5.41, 5.74) is 0.564. The van der Waals surface area contributed by atoms with Gasteiger partial charge in [-0.05, 0) is 127 Å². The third-order valence-electron chi connectivity index (χ3n) is 14.5. The lowest BCUT2D eigenvalue weighted by molar-refractivity contribution is -0.217. The summed E-state index contributed by atoms with van der Waals surface area (Å²) < 4.78 is 6.25. The second-order valence-electron chi connectivity index (χ2n) is 17.3. The number of carboxylic acid groups (broad SMARTS) is 1. The third kappa shape index (κ3) is 4.83. The Hall–Kier alpha value is -2.60. The van der Waals surface area contributed by atoms with Gasteiger partial charge in [-0.15, -0.1) is 0 Å². The summed E-state index contributed by atoms with van der Waals surface area (Å²) in [7, 11) is 0. The van der Waals surface area contributed by atoms with Gasteiger partial charge < -0.3 is 20.1 Å². The van der Waals surface area contributed by atoms with Crippen LogP contribution in [0.15, 0.2) is 42.0 Å². The first-order valence-electron chi connectivity index (χ1n) is 17.3. The Morgan fingerprint density at radius 1 is 0.911 bits per heavy atom. The van der Waals surface area contributed by atoms with Gasteiger partial charge in [-0.2, -0.15) is 0 Å². The van der Waals surface area contributed by atoms with Gasteiger partial charge in [0.2, 0.25) is 0 Å². The third-order valence-corrected chi connectivity index (χ3v) is 14.5. The van der Waals surface area contributed by atoms with E-state index >= 15 is 0 Å². The van der Waals surface area contributed by atoms with Crippen molar-refractivity contribution in [1.29, 1.82) is 0 Å². The van der Waals surface area contributed by atoms with Gasteiger partial charge in [0, 0.05) is 11.5 Å². The zero-order chi connectivity index (χ0) is 32.6. The van der Waals surface area contributed by atoms with Crippen LogP contribution in [0.25, 0.3) is 6.08 Å². The molecule has 0 radical (unpaired) electrons. The molecule has 3 N–H and O–H groups in total. The molecule has 0 spiro atoms. The van der Waals surface area contributed by atoms with Crippen LogP contribution in [0.3, 0.4) is 0 Å². The number of allylic oxidation sites excluding steroid dienone is 1. The van der Waals surface area contributed by atoms with Crippen LogP contribution in [-0.4, -0.2) is 40.0 Å². The molecule has 6 heteroatoms. The van der Waals surface area contributed by atoms with Gasteiger partial charge in [-0.25, -0.2) is 4.79 Å². The molecule has 8 atom stereocenters. The fraction of sp³-hybridized carbons (Fsp3) is 0.692. The summed E-state index contributed by atoms with van der Waals surface area (Å²) in [5.74, 6) is -0.232. The van der Waals surface area contributed by atoms with Gasteiger partial charge >= 0.3 is 11.9 Å². The predicted molar refractivity (Wildman–Crippen MR) is 175 cm³/mol. The molecule has 1 aromatic rings. The highest BCUT2D eigenvalue weighted by molar-refractivity contribution is 5.87. The Bertz CT molecular complexity index is 1400. The summed E-state index contributed by atoms with van der Waals surface area (Å²) in [5, 5.41) is 31.5. The number of hydrogen-bond acceptors (Lipinski definition) is 5. The van der Waals surface area contributed by atoms with E-state index in [0.29, 0.717) is 31.1 Å². The molecule has 5 aliphatic rings. The van der Waals surface area contributed by atoms with Crippen LogP contribution in [-0.2, 0) is 14.3 Å². The minimum absolute atomic E-state index is 0.0285. The number of esters is 1. The Morgan fingerprint density at radius 2 is 1.60 bits per heavy atom. The molecule has 6 rings (SSSR count). The van der Waals surface area contributed by atoms with E-state index in [4.69, 9.17) is 4.74 Å². The number of carbonyl (C=O) groups excluding carboxylic acids is 1. The molecule has 0 aromatic heterocycles. The lowest BCUT2D eigenvalue weighted by atomic mass is 9.33. The Labute approximate surface area is 269 Å². The fourth-order valence-electron chi connectivity index (χ4n) is 11.7. The average Bonchev–Trinajstić information content (AvgIpc) is 2.97. The standard InChI is InChI=1S/C39H54O6/c1-34(2)19-20-38(33(43)44)21-22-39(24-45-32(42)14-9-25-7-10-26(40)11-8-25)27(28(38)23-34)12-13-30-36(5)17-16-31(41)35(3,4)29(36)15-18-37(30,39)6/h7-12,14,28-31,40-41H,13,15-24H2,1-6H3,(H,43,44)/t28-,29-,30+,31-,36-,37+,38-,39-/m0/s1. The van der Waals surface area contributed by atoms with Crippen LogP contribution < -0.4 is 0 Å². The molecule has 246 valence electrons. The lowest BCUT2D eigenvalue weighted by Crippen LogP contribution is -2.66. The maximum absolute atomic E-state index is 13.3. The molecular formula is C39H54O6. The van der Waals surface area contributed by atoms with Crippen LogP contribution >= 0.6 is 0 Å². The second-order valence-corrected chi connectivity index (χ2v) is 17.3. The fourth-order valence-corrected chi connectivity index (χ4v) is 11.7. The lowest BCUT2D eigenvalue weighted by Gasteiger charge is -2.71. The van der Waals surface area contributed by atoms with E-state index in [9.17, 15) is 24.9 Å². The van der Waals surface area contributed by atoms with Gasteiger partial charge in [0.1, 0.15) is 12.4 Å². The van der Waals surface area contributed by atoms with Gasteiger partial charge in [-0.1, -0.05) is 65.3 Å². The average molecular weight is 619 g/mol. The molecule has 5 aliphatic carbocycles. The van der Waals surface area contributed by atoms with Crippen LogP contribution in [0.4, 0.5) is 0 Å². The number of benzene rings is 1. The first-order chi connectivity index (χ1) is 21.0. The summed E-state index contributed by atoms with van der Waals surface area (Å²) >= 11 is 0. The van der Waals surface area contributed by atoms with E-state index in [2.05, 4.69) is 47.6 Å². The van der Waals surface area contributed by atoms with E-state index < -0.39 is 22.8 Å². The van der Waals surface area contributed by atoms with Crippen LogP contribution in [0, 0.1) is 50.2 Å². The van der Waals surface area contributed by atoms with Crippen LogP contribution in [0.1, 0.15) is 111 Å². The molecule has 1 aromatic carbocycles. The maximum Gasteiger partial charge on any atom is 0.330 e. The summed E-state index contributed by atoms with van der Waals surface area (Å²) in [6, 6.07) is 6.69. The highest BCUT2D eigenvalue weighted by Crippen LogP contribution is 2.76. The van der Waals surface area contributed by atoms with Crippen molar-refractivity contribution in [2.75, 3.05) is 6.61 Å². The Morgan fingerprint density at radius 3 is 2.29 bits per heavy atom. The zero-order valence-corrected chi connectivity index (χ0v) is 28.2. The predicted octanol–water partition coefficient (Wildman–Crippen LogP) is 8.18. The number of ether oxygens (including phenoxy) is 1. The van der Waals surface area contributed by atoms with Crippen molar-refractivity contribution in [3.8, 4) is 5.75 Å². The first kappa shape index (κ1) is 32.3. The molecule has 4 saturated carbocycles. The molecule has 45 heavy (non-hydrogen) atoms. The molecule has 0 amide bonds. The van der Waals surface area contributed by atoms with Crippen molar-refractivity contribution in [3.05, 3.63) is 47.6 Å². The summed E-state index contributed by atoms with van der Waals surface area (Å²) in [6.45, 7) is 14.2. The summed E-state index contributed by atoms with van der Waals surface area (Å²) in [4.78, 5) is 26.5. The van der Waals surface area contributed by atoms with E-state index in [1.54, 1.807) is 30.3 Å². The number of phenols is 1. The van der Waals surface area contributed by atoms with Crippen LogP contribution in [0.2, 0.25) is 0 Å². The number of aliphatic hydroxyl groups excluding tert-OH is 1. The van der Waals surface area contributed by atoms with Gasteiger partial charge in [-0.3, -0.25) is 4.79 Å². The zero-order valence-electron chi connectivity index (χ0n) is 28.2. The van der Waals surface area contributed by atoms with Crippen molar-refractivity contribution in [2.45, 2.75) is 112 Å². The minimum atomic E-state index is -0.769. The first-order valence-corrected chi connectivity index (χ1v) is 17.3. The van der Waals surface area contributed by atoms with Crippen LogP contribution in [0.5, 0.6) is 5.75 Å².